The summed E-state index contributed by atoms with van der Waals surface area (Å²) in [6, 6.07) is 3.75. The molecule has 0 saturated heterocycles. The Morgan fingerprint density at radius 1 is 1.07 bits per heavy atom. The molecule has 1 aliphatic rings. The lowest BCUT2D eigenvalue weighted by atomic mass is 9.99. The van der Waals surface area contributed by atoms with Crippen LogP contribution in [0, 0.1) is 13.8 Å². The normalized spacial score (nSPS) is 12.9. The van der Waals surface area contributed by atoms with Gasteiger partial charge in [0.1, 0.15) is 0 Å². The Balaban J connectivity index is 1.63. The van der Waals surface area contributed by atoms with E-state index in [9.17, 15) is 14.4 Å². The summed E-state index contributed by atoms with van der Waals surface area (Å²) in [5.74, 6) is -0.997. The summed E-state index contributed by atoms with van der Waals surface area (Å²) in [6.07, 6.45) is 0.641. The van der Waals surface area contributed by atoms with E-state index in [0.717, 1.165) is 11.1 Å². The number of carbonyl (C=O) groups is 3. The van der Waals surface area contributed by atoms with E-state index < -0.39 is 18.4 Å². The van der Waals surface area contributed by atoms with Crippen molar-refractivity contribution in [3.63, 3.8) is 0 Å². The van der Waals surface area contributed by atoms with E-state index in [1.165, 1.54) is 4.68 Å². The van der Waals surface area contributed by atoms with Crippen molar-refractivity contribution in [3.05, 3.63) is 40.2 Å². The number of hydrogen-bond acceptors (Lipinski definition) is 7. The monoisotopic (exact) mass is 415 g/mol. The molecule has 0 aliphatic carbocycles. The number of aryl methyl sites for hydroxylation is 2. The van der Waals surface area contributed by atoms with E-state index in [1.807, 2.05) is 12.1 Å². The lowest BCUT2D eigenvalue weighted by molar-refractivity contribution is -0.148. The molecule has 0 saturated carbocycles. The zero-order valence-electron chi connectivity index (χ0n) is 17.8. The van der Waals surface area contributed by atoms with Crippen LogP contribution in [0.5, 0.6) is 11.5 Å². The van der Waals surface area contributed by atoms with Gasteiger partial charge in [-0.2, -0.15) is 5.10 Å². The fraction of sp³-hybridized carbons (Fsp3) is 0.429. The first-order chi connectivity index (χ1) is 14.3. The molecule has 1 amide bonds. The number of carbonyl (C=O) groups excluding carboxylic acids is 3. The molecule has 30 heavy (non-hydrogen) atoms. The summed E-state index contributed by atoms with van der Waals surface area (Å²) in [7, 11) is 4.82. The van der Waals surface area contributed by atoms with Crippen molar-refractivity contribution in [1.29, 1.82) is 0 Å². The highest BCUT2D eigenvalue weighted by molar-refractivity contribution is 6.41. The number of amides is 1. The summed E-state index contributed by atoms with van der Waals surface area (Å²) in [6.45, 7) is 3.69. The lowest BCUT2D eigenvalue weighted by Gasteiger charge is -2.29. The molecule has 0 unspecified atom stereocenters. The van der Waals surface area contributed by atoms with Crippen molar-refractivity contribution >= 4 is 17.7 Å². The van der Waals surface area contributed by atoms with Crippen LogP contribution in [-0.2, 0) is 34.3 Å². The first-order valence-corrected chi connectivity index (χ1v) is 9.50. The van der Waals surface area contributed by atoms with Gasteiger partial charge in [0, 0.05) is 25.8 Å². The van der Waals surface area contributed by atoms with Crippen LogP contribution in [0.3, 0.4) is 0 Å². The van der Waals surface area contributed by atoms with Crippen LogP contribution in [0.1, 0.15) is 32.9 Å². The van der Waals surface area contributed by atoms with Crippen molar-refractivity contribution in [1.82, 2.24) is 14.7 Å². The molecule has 2 heterocycles. The fourth-order valence-corrected chi connectivity index (χ4v) is 3.58. The molecule has 9 nitrogen and oxygen atoms in total. The molecule has 2 aromatic rings. The van der Waals surface area contributed by atoms with E-state index in [0.29, 0.717) is 42.4 Å². The maximum atomic E-state index is 12.6. The Labute approximate surface area is 174 Å². The molecule has 0 bridgehead atoms. The third-order valence-electron chi connectivity index (χ3n) is 5.32. The molecule has 0 atom stereocenters. The second-order valence-corrected chi connectivity index (χ2v) is 7.12. The topological polar surface area (TPSA) is 100.0 Å². The average molecular weight is 415 g/mol. The van der Waals surface area contributed by atoms with E-state index in [1.54, 1.807) is 40.0 Å². The van der Waals surface area contributed by atoms with Gasteiger partial charge in [-0.05, 0) is 43.5 Å². The lowest BCUT2D eigenvalue weighted by Crippen LogP contribution is -2.39. The number of methoxy groups -OCH3 is 2. The predicted molar refractivity (Wildman–Crippen MR) is 107 cm³/mol. The van der Waals surface area contributed by atoms with Gasteiger partial charge in [-0.15, -0.1) is 0 Å². The summed E-state index contributed by atoms with van der Waals surface area (Å²) in [5.41, 5.74) is 3.24. The maximum absolute atomic E-state index is 12.6. The molecule has 160 valence electrons. The summed E-state index contributed by atoms with van der Waals surface area (Å²) < 4.78 is 17.2. The van der Waals surface area contributed by atoms with Gasteiger partial charge in [-0.1, -0.05) is 0 Å². The Morgan fingerprint density at radius 2 is 1.70 bits per heavy atom. The van der Waals surface area contributed by atoms with Crippen LogP contribution in [0.4, 0.5) is 0 Å². The molecule has 9 heteroatoms. The number of Topliss-reactive ketones (excluding diaryl/α,β-unsaturated/α-hetero) is 1. The van der Waals surface area contributed by atoms with E-state index >= 15 is 0 Å². The van der Waals surface area contributed by atoms with E-state index in [4.69, 9.17) is 14.2 Å². The molecule has 0 spiro atoms. The second-order valence-electron chi connectivity index (χ2n) is 7.12. The van der Waals surface area contributed by atoms with E-state index in [2.05, 4.69) is 5.10 Å². The Morgan fingerprint density at radius 3 is 2.27 bits per heavy atom. The van der Waals surface area contributed by atoms with Gasteiger partial charge in [0.25, 0.3) is 11.7 Å². The van der Waals surface area contributed by atoms with Gasteiger partial charge in [0.05, 0.1) is 25.5 Å². The number of ketones is 1. The Bertz CT molecular complexity index is 1010. The Hall–Kier alpha value is -3.36. The zero-order chi connectivity index (χ0) is 22.0. The van der Waals surface area contributed by atoms with Gasteiger partial charge in [-0.25, -0.2) is 4.79 Å². The van der Waals surface area contributed by atoms with Crippen molar-refractivity contribution in [2.75, 3.05) is 27.4 Å². The first-order valence-electron chi connectivity index (χ1n) is 9.50. The average Bonchev–Trinajstić information content (AvgIpc) is 3.00. The van der Waals surface area contributed by atoms with Gasteiger partial charge < -0.3 is 19.1 Å². The van der Waals surface area contributed by atoms with E-state index in [-0.39, 0.29) is 11.5 Å². The highest BCUT2D eigenvalue weighted by Crippen LogP contribution is 2.33. The van der Waals surface area contributed by atoms with Crippen LogP contribution in [-0.4, -0.2) is 59.7 Å². The molecular weight excluding hydrogens is 390 g/mol. The summed E-state index contributed by atoms with van der Waals surface area (Å²) in [4.78, 5) is 38.7. The SMILES string of the molecule is COc1cc2c(cc1OC)CN(C(=O)COC(=O)C(=O)c1c(C)nn(C)c1C)CC2. The standard InChI is InChI=1S/C21H25N3O6/c1-12-19(13(2)23(3)22-12)20(26)21(27)30-11-18(25)24-7-6-14-8-16(28-4)17(29-5)9-15(14)10-24/h8-9H,6-7,10-11H2,1-5H3. The smallest absolute Gasteiger partial charge is 0.380 e. The molecule has 0 N–H and O–H groups in total. The maximum Gasteiger partial charge on any atom is 0.380 e. The van der Waals surface area contributed by atoms with Gasteiger partial charge >= 0.3 is 5.97 Å². The third kappa shape index (κ3) is 4.00. The van der Waals surface area contributed by atoms with Crippen LogP contribution >= 0.6 is 0 Å². The summed E-state index contributed by atoms with van der Waals surface area (Å²) in [5, 5.41) is 4.12. The minimum absolute atomic E-state index is 0.211. The highest BCUT2D eigenvalue weighted by atomic mass is 16.5. The Kier molecular flexibility index (Phi) is 6.09. The van der Waals surface area contributed by atoms with Gasteiger partial charge in [0.2, 0.25) is 0 Å². The molecular formula is C21H25N3O6. The van der Waals surface area contributed by atoms with Crippen molar-refractivity contribution in [3.8, 4) is 11.5 Å². The molecule has 0 radical (unpaired) electrons. The molecule has 3 rings (SSSR count). The number of nitrogens with zero attached hydrogens (tertiary/aromatic N) is 3. The van der Waals surface area contributed by atoms with Crippen molar-refractivity contribution < 1.29 is 28.6 Å². The predicted octanol–water partition coefficient (Wildman–Crippen LogP) is 1.36. The molecule has 0 fully saturated rings. The second kappa shape index (κ2) is 8.56. The number of rotatable bonds is 6. The minimum atomic E-state index is -1.06. The van der Waals surface area contributed by atoms with Gasteiger partial charge in [-0.3, -0.25) is 14.3 Å². The molecule has 1 aromatic heterocycles. The van der Waals surface area contributed by atoms with Crippen LogP contribution in [0.2, 0.25) is 0 Å². The number of fused-ring (bicyclic) bond motifs is 1. The quantitative estimate of drug-likeness (QED) is 0.399. The largest absolute Gasteiger partial charge is 0.493 e. The number of aromatic nitrogens is 2. The van der Waals surface area contributed by atoms with Crippen molar-refractivity contribution in [2.24, 2.45) is 7.05 Å². The van der Waals surface area contributed by atoms with Crippen LogP contribution < -0.4 is 9.47 Å². The molecule has 1 aromatic carbocycles. The number of ether oxygens (including phenoxy) is 3. The van der Waals surface area contributed by atoms with Crippen LogP contribution in [0.15, 0.2) is 12.1 Å². The number of hydrogen-bond donors (Lipinski definition) is 0. The first kappa shape index (κ1) is 21.4. The highest BCUT2D eigenvalue weighted by Gasteiger charge is 2.28. The fourth-order valence-electron chi connectivity index (χ4n) is 3.58. The van der Waals surface area contributed by atoms with Crippen LogP contribution in [0.25, 0.3) is 0 Å². The third-order valence-corrected chi connectivity index (χ3v) is 5.32. The zero-order valence-corrected chi connectivity index (χ0v) is 17.8. The minimum Gasteiger partial charge on any atom is -0.493 e. The number of benzene rings is 1. The van der Waals surface area contributed by atoms with Crippen molar-refractivity contribution in [2.45, 2.75) is 26.8 Å². The summed E-state index contributed by atoms with van der Waals surface area (Å²) >= 11 is 0. The molecule has 1 aliphatic heterocycles. The number of esters is 1. The van der Waals surface area contributed by atoms with Gasteiger partial charge in [0.15, 0.2) is 18.1 Å².